The van der Waals surface area contributed by atoms with Gasteiger partial charge in [0.2, 0.25) is 0 Å². The molecule has 1 aliphatic heterocycles. The zero-order valence-corrected chi connectivity index (χ0v) is 17.9. The smallest absolute Gasteiger partial charge is 0.189 e. The highest BCUT2D eigenvalue weighted by atomic mass is 32.1. The molecule has 9 heteroatoms. The van der Waals surface area contributed by atoms with Crippen molar-refractivity contribution in [1.82, 2.24) is 15.0 Å². The van der Waals surface area contributed by atoms with Crippen LogP contribution in [0.5, 0.6) is 0 Å². The van der Waals surface area contributed by atoms with Crippen LogP contribution in [-0.4, -0.2) is 41.1 Å². The van der Waals surface area contributed by atoms with Crippen LogP contribution in [0.4, 0.5) is 32.5 Å². The number of hydrogen-bond donors (Lipinski definition) is 2. The predicted molar refractivity (Wildman–Crippen MR) is 125 cm³/mol. The molecule has 5 rings (SSSR count). The fraction of sp³-hybridized carbons (Fsp3) is 0.227. The maximum absolute atomic E-state index is 14.1. The number of fused-ring (bicyclic) bond motifs is 1. The number of aryl methyl sites for hydroxylation is 1. The summed E-state index contributed by atoms with van der Waals surface area (Å²) in [5, 5.41) is 4.00. The van der Waals surface area contributed by atoms with Crippen LogP contribution in [0.3, 0.4) is 0 Å². The maximum atomic E-state index is 14.1. The molecular weight excluding hydrogens is 413 g/mol. The summed E-state index contributed by atoms with van der Waals surface area (Å²) >= 11 is 1.56. The lowest BCUT2D eigenvalue weighted by molar-refractivity contribution is 0.596. The number of hydrogen-bond acceptors (Lipinski definition) is 8. The molecule has 2 aromatic carbocycles. The van der Waals surface area contributed by atoms with E-state index in [1.807, 2.05) is 36.1 Å². The average molecular weight is 436 g/mol. The lowest BCUT2D eigenvalue weighted by Crippen LogP contribution is -2.47. The van der Waals surface area contributed by atoms with E-state index in [1.54, 1.807) is 17.4 Å². The van der Waals surface area contributed by atoms with E-state index >= 15 is 0 Å². The lowest BCUT2D eigenvalue weighted by atomic mass is 10.2. The number of piperazine rings is 1. The fourth-order valence-corrected chi connectivity index (χ4v) is 4.79. The number of thiazole rings is 1. The second-order valence-corrected chi connectivity index (χ2v) is 8.48. The number of anilines is 5. The molecule has 4 aromatic rings. The molecule has 0 atom stereocenters. The van der Waals surface area contributed by atoms with Crippen molar-refractivity contribution in [2.24, 2.45) is 0 Å². The number of halogens is 1. The molecule has 0 spiro atoms. The maximum Gasteiger partial charge on any atom is 0.189 e. The highest BCUT2D eigenvalue weighted by molar-refractivity contribution is 7.22. The van der Waals surface area contributed by atoms with Crippen LogP contribution in [-0.2, 0) is 0 Å². The van der Waals surface area contributed by atoms with E-state index in [-0.39, 0.29) is 5.82 Å². The van der Waals surface area contributed by atoms with Crippen LogP contribution in [0.15, 0.2) is 48.8 Å². The van der Waals surface area contributed by atoms with Crippen molar-refractivity contribution in [1.29, 1.82) is 0 Å². The van der Waals surface area contributed by atoms with Gasteiger partial charge in [0.25, 0.3) is 0 Å². The minimum atomic E-state index is -0.199. The second-order valence-electron chi connectivity index (χ2n) is 7.45. The minimum Gasteiger partial charge on any atom is -0.393 e. The molecule has 0 aliphatic carbocycles. The van der Waals surface area contributed by atoms with Crippen LogP contribution in [0.1, 0.15) is 5.56 Å². The Kier molecular flexibility index (Phi) is 5.03. The first-order valence-electron chi connectivity index (χ1n) is 10.1. The Morgan fingerprint density at radius 1 is 1.00 bits per heavy atom. The van der Waals surface area contributed by atoms with Gasteiger partial charge in [-0.1, -0.05) is 35.6 Å². The van der Waals surface area contributed by atoms with Gasteiger partial charge < -0.3 is 20.9 Å². The number of nitrogens with one attached hydrogen (secondary N) is 1. The second kappa shape index (κ2) is 7.99. The van der Waals surface area contributed by atoms with Gasteiger partial charge in [0.05, 0.1) is 15.9 Å². The van der Waals surface area contributed by atoms with Gasteiger partial charge in [0, 0.05) is 26.2 Å². The van der Waals surface area contributed by atoms with E-state index < -0.39 is 0 Å². The summed E-state index contributed by atoms with van der Waals surface area (Å²) in [4.78, 5) is 17.6. The zero-order chi connectivity index (χ0) is 21.4. The van der Waals surface area contributed by atoms with Crippen LogP contribution >= 0.6 is 11.3 Å². The summed E-state index contributed by atoms with van der Waals surface area (Å²) in [5.41, 5.74) is 9.65. The predicted octanol–water partition coefficient (Wildman–Crippen LogP) is 4.19. The van der Waals surface area contributed by atoms with Gasteiger partial charge in [-0.3, -0.25) is 0 Å². The van der Waals surface area contributed by atoms with Gasteiger partial charge in [0.15, 0.2) is 16.8 Å². The summed E-state index contributed by atoms with van der Waals surface area (Å²) < 4.78 is 15.2. The van der Waals surface area contributed by atoms with Gasteiger partial charge in [-0.05, 0) is 30.7 Å². The number of nitrogens with zero attached hydrogens (tertiary/aromatic N) is 5. The van der Waals surface area contributed by atoms with E-state index in [2.05, 4.69) is 31.2 Å². The molecule has 3 heterocycles. The van der Waals surface area contributed by atoms with E-state index in [1.165, 1.54) is 12.4 Å². The molecule has 0 saturated carbocycles. The van der Waals surface area contributed by atoms with E-state index in [0.29, 0.717) is 49.2 Å². The lowest BCUT2D eigenvalue weighted by Gasteiger charge is -2.37. The quantitative estimate of drug-likeness (QED) is 0.497. The minimum absolute atomic E-state index is 0.199. The molecule has 0 unspecified atom stereocenters. The standard InChI is InChI=1S/C22H22FN7S/c1-14-5-4-8-17-19(14)27-22(31-17)28-20-18(24)21(26-13-25-20)30-11-9-29(10-12-30)16-7-3-2-6-15(16)23/h2-8,13H,9-12,24H2,1H3,(H,25,26,27,28). The Labute approximate surface area is 183 Å². The monoisotopic (exact) mass is 435 g/mol. The molecule has 0 bridgehead atoms. The van der Waals surface area contributed by atoms with Crippen molar-refractivity contribution >= 4 is 49.7 Å². The van der Waals surface area contributed by atoms with Crippen molar-refractivity contribution in [2.75, 3.05) is 47.0 Å². The Morgan fingerprint density at radius 3 is 2.55 bits per heavy atom. The summed E-state index contributed by atoms with van der Waals surface area (Å²) in [6.45, 7) is 4.79. The molecular formula is C22H22FN7S. The number of nitrogen functional groups attached to an aromatic ring is 1. The molecule has 1 aliphatic rings. The molecule has 7 nitrogen and oxygen atoms in total. The van der Waals surface area contributed by atoms with Crippen molar-refractivity contribution in [2.45, 2.75) is 6.92 Å². The van der Waals surface area contributed by atoms with Crippen molar-refractivity contribution < 1.29 is 4.39 Å². The van der Waals surface area contributed by atoms with Crippen LogP contribution in [0.2, 0.25) is 0 Å². The third kappa shape index (κ3) is 3.72. The first-order chi connectivity index (χ1) is 15.1. The molecule has 31 heavy (non-hydrogen) atoms. The Bertz CT molecular complexity index is 1230. The average Bonchev–Trinajstić information content (AvgIpc) is 3.20. The number of para-hydroxylation sites is 2. The molecule has 0 radical (unpaired) electrons. The Morgan fingerprint density at radius 2 is 1.77 bits per heavy atom. The van der Waals surface area contributed by atoms with Crippen LogP contribution in [0, 0.1) is 12.7 Å². The van der Waals surface area contributed by atoms with Gasteiger partial charge in [-0.25, -0.2) is 19.3 Å². The molecule has 1 fully saturated rings. The highest BCUT2D eigenvalue weighted by Gasteiger charge is 2.23. The highest BCUT2D eigenvalue weighted by Crippen LogP contribution is 2.33. The van der Waals surface area contributed by atoms with Crippen molar-refractivity contribution in [3.05, 3.63) is 60.2 Å². The molecule has 158 valence electrons. The summed E-state index contributed by atoms with van der Waals surface area (Å²) in [5.74, 6) is 1.02. The van der Waals surface area contributed by atoms with Crippen LogP contribution in [0.25, 0.3) is 10.2 Å². The first-order valence-corrected chi connectivity index (χ1v) is 10.9. The first kappa shape index (κ1) is 19.5. The summed E-state index contributed by atoms with van der Waals surface area (Å²) in [6.07, 6.45) is 1.51. The SMILES string of the molecule is Cc1cccc2sc(Nc3ncnc(N4CCN(c5ccccc5F)CC4)c3N)nc12. The van der Waals surface area contributed by atoms with Gasteiger partial charge in [0.1, 0.15) is 17.8 Å². The number of rotatable bonds is 4. The third-order valence-corrected chi connectivity index (χ3v) is 6.42. The summed E-state index contributed by atoms with van der Waals surface area (Å²) in [7, 11) is 0. The van der Waals surface area contributed by atoms with Gasteiger partial charge in [-0.2, -0.15) is 0 Å². The molecule has 1 saturated heterocycles. The Balaban J connectivity index is 1.34. The molecule has 0 amide bonds. The van der Waals surface area contributed by atoms with E-state index in [0.717, 1.165) is 20.9 Å². The van der Waals surface area contributed by atoms with E-state index in [9.17, 15) is 4.39 Å². The zero-order valence-electron chi connectivity index (χ0n) is 17.0. The summed E-state index contributed by atoms with van der Waals surface area (Å²) in [6, 6.07) is 13.0. The van der Waals surface area contributed by atoms with E-state index in [4.69, 9.17) is 5.73 Å². The van der Waals surface area contributed by atoms with Crippen LogP contribution < -0.4 is 20.9 Å². The fourth-order valence-electron chi connectivity index (χ4n) is 3.85. The van der Waals surface area contributed by atoms with Gasteiger partial charge in [-0.15, -0.1) is 0 Å². The largest absolute Gasteiger partial charge is 0.393 e. The molecule has 2 aromatic heterocycles. The number of aromatic nitrogens is 3. The van der Waals surface area contributed by atoms with Gasteiger partial charge >= 0.3 is 0 Å². The topological polar surface area (TPSA) is 83.2 Å². The number of nitrogens with two attached hydrogens (primary N) is 1. The third-order valence-electron chi connectivity index (χ3n) is 5.48. The normalized spacial score (nSPS) is 14.3. The number of benzene rings is 2. The Hall–Kier alpha value is -3.46. The van der Waals surface area contributed by atoms with Crippen molar-refractivity contribution in [3.63, 3.8) is 0 Å². The molecule has 3 N–H and O–H groups in total. The van der Waals surface area contributed by atoms with Crippen molar-refractivity contribution in [3.8, 4) is 0 Å².